The van der Waals surface area contributed by atoms with Crippen LogP contribution in [0.3, 0.4) is 0 Å². The highest BCUT2D eigenvalue weighted by Crippen LogP contribution is 2.32. The molecule has 0 bridgehead atoms. The van der Waals surface area contributed by atoms with Gasteiger partial charge in [-0.05, 0) is 12.3 Å². The zero-order valence-corrected chi connectivity index (χ0v) is 9.50. The molecule has 1 heterocycles. The summed E-state index contributed by atoms with van der Waals surface area (Å²) in [6.45, 7) is 0.350. The van der Waals surface area contributed by atoms with Crippen LogP contribution >= 0.6 is 0 Å². The van der Waals surface area contributed by atoms with Crippen molar-refractivity contribution in [2.75, 3.05) is 12.0 Å². The number of hydrogen-bond donors (Lipinski definition) is 2. The second kappa shape index (κ2) is 4.97. The number of ether oxygens (including phenoxy) is 1. The highest BCUT2D eigenvalue weighted by molar-refractivity contribution is 5.37. The standard InChI is InChI=1S/C10H13F3N4O/c11-10(12,13)9-15-7(17-14)5-8(16-9)18-4-3-6-1-2-6/h5-6H,1-4,14H2,(H,15,16,17). The second-order valence-electron chi connectivity index (χ2n) is 4.14. The molecule has 1 fully saturated rings. The Balaban J connectivity index is 2.07. The van der Waals surface area contributed by atoms with Crippen LogP contribution in [-0.2, 0) is 6.18 Å². The number of alkyl halides is 3. The van der Waals surface area contributed by atoms with Gasteiger partial charge < -0.3 is 10.2 Å². The first-order chi connectivity index (χ1) is 8.49. The third kappa shape index (κ3) is 3.46. The maximum absolute atomic E-state index is 12.5. The normalized spacial score (nSPS) is 15.6. The van der Waals surface area contributed by atoms with Gasteiger partial charge in [0.25, 0.3) is 0 Å². The lowest BCUT2D eigenvalue weighted by Crippen LogP contribution is -2.16. The van der Waals surface area contributed by atoms with Crippen molar-refractivity contribution in [2.45, 2.75) is 25.4 Å². The molecule has 0 spiro atoms. The van der Waals surface area contributed by atoms with Gasteiger partial charge in [-0.1, -0.05) is 12.8 Å². The molecule has 1 aliphatic rings. The molecule has 100 valence electrons. The van der Waals surface area contributed by atoms with Gasteiger partial charge >= 0.3 is 6.18 Å². The molecule has 0 aromatic carbocycles. The van der Waals surface area contributed by atoms with E-state index in [0.29, 0.717) is 12.5 Å². The van der Waals surface area contributed by atoms with Crippen molar-refractivity contribution in [3.8, 4) is 5.88 Å². The van der Waals surface area contributed by atoms with Crippen molar-refractivity contribution in [1.29, 1.82) is 0 Å². The molecule has 1 aromatic rings. The number of nitrogens with zero attached hydrogens (tertiary/aromatic N) is 2. The smallest absolute Gasteiger partial charge is 0.451 e. The molecule has 0 radical (unpaired) electrons. The van der Waals surface area contributed by atoms with Crippen molar-refractivity contribution in [2.24, 2.45) is 11.8 Å². The van der Waals surface area contributed by atoms with Gasteiger partial charge in [0.15, 0.2) is 0 Å². The Morgan fingerprint density at radius 3 is 2.67 bits per heavy atom. The van der Waals surface area contributed by atoms with E-state index in [0.717, 1.165) is 19.3 Å². The van der Waals surface area contributed by atoms with E-state index in [2.05, 4.69) is 15.4 Å². The van der Waals surface area contributed by atoms with Gasteiger partial charge in [0.05, 0.1) is 6.61 Å². The Labute approximate surface area is 102 Å². The first-order valence-corrected chi connectivity index (χ1v) is 5.54. The molecular formula is C10H13F3N4O. The lowest BCUT2D eigenvalue weighted by molar-refractivity contribution is -0.145. The van der Waals surface area contributed by atoms with Gasteiger partial charge in [-0.25, -0.2) is 10.8 Å². The van der Waals surface area contributed by atoms with Gasteiger partial charge in [0, 0.05) is 6.07 Å². The summed E-state index contributed by atoms with van der Waals surface area (Å²) in [5, 5.41) is 0. The lowest BCUT2D eigenvalue weighted by atomic mass is 10.3. The number of hydrogen-bond acceptors (Lipinski definition) is 5. The molecule has 18 heavy (non-hydrogen) atoms. The average Bonchev–Trinajstić information content (AvgIpc) is 3.11. The van der Waals surface area contributed by atoms with Crippen LogP contribution in [-0.4, -0.2) is 16.6 Å². The van der Waals surface area contributed by atoms with Gasteiger partial charge in [0.1, 0.15) is 5.82 Å². The van der Waals surface area contributed by atoms with Crippen LogP contribution in [0.15, 0.2) is 6.07 Å². The molecule has 0 aliphatic heterocycles. The summed E-state index contributed by atoms with van der Waals surface area (Å²) in [6.07, 6.45) is -1.47. The highest BCUT2D eigenvalue weighted by Gasteiger charge is 2.35. The van der Waals surface area contributed by atoms with Crippen LogP contribution in [0.4, 0.5) is 19.0 Å². The molecule has 0 unspecified atom stereocenters. The summed E-state index contributed by atoms with van der Waals surface area (Å²) in [4.78, 5) is 6.54. The van der Waals surface area contributed by atoms with Gasteiger partial charge in [-0.15, -0.1) is 0 Å². The monoisotopic (exact) mass is 262 g/mol. The summed E-state index contributed by atoms with van der Waals surface area (Å²) in [6, 6.07) is 1.24. The van der Waals surface area contributed by atoms with Crippen molar-refractivity contribution in [3.63, 3.8) is 0 Å². The third-order valence-corrected chi connectivity index (χ3v) is 2.58. The number of rotatable bonds is 5. The first-order valence-electron chi connectivity index (χ1n) is 5.54. The van der Waals surface area contributed by atoms with E-state index in [1.807, 2.05) is 0 Å². The van der Waals surface area contributed by atoms with Crippen LogP contribution in [0, 0.1) is 5.92 Å². The summed E-state index contributed by atoms with van der Waals surface area (Å²) < 4.78 is 42.7. The molecule has 1 aliphatic carbocycles. The van der Waals surface area contributed by atoms with Gasteiger partial charge in [-0.3, -0.25) is 0 Å². The van der Waals surface area contributed by atoms with Crippen LogP contribution in [0.2, 0.25) is 0 Å². The quantitative estimate of drug-likeness (QED) is 0.627. The van der Waals surface area contributed by atoms with E-state index in [1.54, 1.807) is 0 Å². The first kappa shape index (κ1) is 12.9. The number of nitrogen functional groups attached to an aromatic ring is 1. The highest BCUT2D eigenvalue weighted by atomic mass is 19.4. The predicted molar refractivity (Wildman–Crippen MR) is 57.7 cm³/mol. The molecule has 8 heteroatoms. The molecule has 1 aromatic heterocycles. The average molecular weight is 262 g/mol. The fourth-order valence-corrected chi connectivity index (χ4v) is 1.44. The summed E-state index contributed by atoms with van der Waals surface area (Å²) in [5.74, 6) is 4.18. The van der Waals surface area contributed by atoms with Crippen molar-refractivity contribution in [1.82, 2.24) is 9.97 Å². The molecule has 0 saturated heterocycles. The van der Waals surface area contributed by atoms with Crippen LogP contribution in [0.5, 0.6) is 5.88 Å². The van der Waals surface area contributed by atoms with E-state index in [9.17, 15) is 13.2 Å². The fourth-order valence-electron chi connectivity index (χ4n) is 1.44. The minimum absolute atomic E-state index is 0.120. The number of nitrogens with one attached hydrogen (secondary N) is 1. The molecule has 2 rings (SSSR count). The van der Waals surface area contributed by atoms with Crippen molar-refractivity contribution in [3.05, 3.63) is 11.9 Å². The van der Waals surface area contributed by atoms with Crippen molar-refractivity contribution < 1.29 is 17.9 Å². The molecule has 5 nitrogen and oxygen atoms in total. The summed E-state index contributed by atoms with van der Waals surface area (Å²) in [7, 11) is 0. The Morgan fingerprint density at radius 2 is 2.11 bits per heavy atom. The molecule has 3 N–H and O–H groups in total. The van der Waals surface area contributed by atoms with E-state index in [-0.39, 0.29) is 11.7 Å². The Kier molecular flexibility index (Phi) is 3.55. The van der Waals surface area contributed by atoms with Crippen molar-refractivity contribution >= 4 is 5.82 Å². The van der Waals surface area contributed by atoms with Gasteiger partial charge in [-0.2, -0.15) is 18.2 Å². The zero-order valence-electron chi connectivity index (χ0n) is 9.50. The second-order valence-corrected chi connectivity index (χ2v) is 4.14. The molecule has 1 saturated carbocycles. The molecule has 0 amide bonds. The lowest BCUT2D eigenvalue weighted by Gasteiger charge is -2.10. The number of hydrazine groups is 1. The van der Waals surface area contributed by atoms with Gasteiger partial charge in [0.2, 0.25) is 11.7 Å². The van der Waals surface area contributed by atoms with Crippen LogP contribution in [0.1, 0.15) is 25.1 Å². The number of anilines is 1. The topological polar surface area (TPSA) is 73.1 Å². The van der Waals surface area contributed by atoms with E-state index < -0.39 is 12.0 Å². The van der Waals surface area contributed by atoms with Crippen LogP contribution in [0.25, 0.3) is 0 Å². The maximum Gasteiger partial charge on any atom is 0.451 e. The SMILES string of the molecule is NNc1cc(OCCC2CC2)nc(C(F)(F)F)n1. The third-order valence-electron chi connectivity index (χ3n) is 2.58. The largest absolute Gasteiger partial charge is 0.478 e. The predicted octanol–water partition coefficient (Wildman–Crippen LogP) is 1.96. The number of halogens is 3. The maximum atomic E-state index is 12.5. The summed E-state index contributed by atoms with van der Waals surface area (Å²) in [5.41, 5.74) is 2.06. The number of aromatic nitrogens is 2. The minimum atomic E-state index is -4.62. The van der Waals surface area contributed by atoms with E-state index >= 15 is 0 Å². The van der Waals surface area contributed by atoms with Crippen LogP contribution < -0.4 is 16.0 Å². The fraction of sp³-hybridized carbons (Fsp3) is 0.600. The Morgan fingerprint density at radius 1 is 1.39 bits per heavy atom. The minimum Gasteiger partial charge on any atom is -0.478 e. The van der Waals surface area contributed by atoms with E-state index in [4.69, 9.17) is 10.6 Å². The molecule has 0 atom stereocenters. The van der Waals surface area contributed by atoms with E-state index in [1.165, 1.54) is 6.07 Å². The molecular weight excluding hydrogens is 249 g/mol. The Hall–Kier alpha value is -1.57. The summed E-state index contributed by atoms with van der Waals surface area (Å²) >= 11 is 0. The number of nitrogens with two attached hydrogens (primary N) is 1. The zero-order chi connectivity index (χ0) is 13.2. The Bertz CT molecular complexity index is 420.